The van der Waals surface area contributed by atoms with Crippen molar-refractivity contribution in [2.24, 2.45) is 0 Å². The zero-order chi connectivity index (χ0) is 21.0. The summed E-state index contributed by atoms with van der Waals surface area (Å²) in [6.45, 7) is 4.05. The normalized spacial score (nSPS) is 14.4. The Kier molecular flexibility index (Phi) is 5.81. The summed E-state index contributed by atoms with van der Waals surface area (Å²) in [5.41, 5.74) is 4.09. The van der Waals surface area contributed by atoms with Gasteiger partial charge in [0.15, 0.2) is 5.82 Å². The van der Waals surface area contributed by atoms with Crippen molar-refractivity contribution in [1.29, 1.82) is 0 Å². The molecule has 0 spiro atoms. The van der Waals surface area contributed by atoms with Gasteiger partial charge in [-0.25, -0.2) is 8.42 Å². The number of aryl methyl sites for hydroxylation is 1. The molecule has 30 heavy (non-hydrogen) atoms. The largest absolute Gasteiger partial charge is 0.355 e. The molecule has 1 aliphatic rings. The maximum absolute atomic E-state index is 12.3. The van der Waals surface area contributed by atoms with Gasteiger partial charge in [-0.05, 0) is 55.7 Å². The van der Waals surface area contributed by atoms with Gasteiger partial charge in [0.05, 0.1) is 11.1 Å². The average Bonchev–Trinajstić information content (AvgIpc) is 3.29. The fourth-order valence-electron chi connectivity index (χ4n) is 3.35. The fraction of sp³-hybridized carbons (Fsp3) is 0.217. The highest BCUT2D eigenvalue weighted by Crippen LogP contribution is 2.23. The van der Waals surface area contributed by atoms with Crippen LogP contribution in [0.2, 0.25) is 0 Å². The number of rotatable bonds is 6. The SMILES string of the molecule is Cc1ccc(/C=C/S(=O)(=O)Nc2ccc(-c3ccc(N4CCCC4)nn3)cc2)cc1. The average molecular weight is 421 g/mol. The summed E-state index contributed by atoms with van der Waals surface area (Å²) in [6.07, 6.45) is 3.97. The van der Waals surface area contributed by atoms with Crippen molar-refractivity contribution in [2.45, 2.75) is 19.8 Å². The molecule has 2 aromatic carbocycles. The molecule has 1 saturated heterocycles. The first-order valence-electron chi connectivity index (χ1n) is 9.95. The minimum Gasteiger partial charge on any atom is -0.355 e. The monoisotopic (exact) mass is 420 g/mol. The Morgan fingerprint density at radius 2 is 1.60 bits per heavy atom. The molecule has 0 saturated carbocycles. The molecular formula is C23H24N4O2S. The van der Waals surface area contributed by atoms with E-state index in [0.29, 0.717) is 5.69 Å². The smallest absolute Gasteiger partial charge is 0.255 e. The molecule has 154 valence electrons. The van der Waals surface area contributed by atoms with Gasteiger partial charge < -0.3 is 4.90 Å². The summed E-state index contributed by atoms with van der Waals surface area (Å²) < 4.78 is 27.2. The third-order valence-corrected chi connectivity index (χ3v) is 6.05. The molecule has 0 atom stereocenters. The molecule has 1 aliphatic heterocycles. The van der Waals surface area contributed by atoms with E-state index >= 15 is 0 Å². The number of aromatic nitrogens is 2. The number of nitrogens with zero attached hydrogens (tertiary/aromatic N) is 3. The van der Waals surface area contributed by atoms with E-state index in [1.165, 1.54) is 18.2 Å². The summed E-state index contributed by atoms with van der Waals surface area (Å²) >= 11 is 0. The van der Waals surface area contributed by atoms with E-state index in [1.807, 2.05) is 55.5 Å². The van der Waals surface area contributed by atoms with Crippen LogP contribution in [-0.4, -0.2) is 31.7 Å². The Bertz CT molecular complexity index is 1120. The van der Waals surface area contributed by atoms with E-state index in [9.17, 15) is 8.42 Å². The van der Waals surface area contributed by atoms with Crippen molar-refractivity contribution in [1.82, 2.24) is 10.2 Å². The maximum Gasteiger partial charge on any atom is 0.255 e. The second-order valence-electron chi connectivity index (χ2n) is 7.41. The van der Waals surface area contributed by atoms with Crippen LogP contribution in [0.5, 0.6) is 0 Å². The van der Waals surface area contributed by atoms with Gasteiger partial charge in [-0.1, -0.05) is 42.0 Å². The first-order valence-corrected chi connectivity index (χ1v) is 11.5. The molecule has 1 aromatic heterocycles. The van der Waals surface area contributed by atoms with E-state index in [2.05, 4.69) is 19.8 Å². The lowest BCUT2D eigenvalue weighted by atomic mass is 10.1. The van der Waals surface area contributed by atoms with E-state index in [4.69, 9.17) is 0 Å². The molecule has 7 heteroatoms. The van der Waals surface area contributed by atoms with Crippen LogP contribution in [0.3, 0.4) is 0 Å². The molecule has 1 N–H and O–H groups in total. The number of sulfonamides is 1. The Labute approximate surface area is 177 Å². The van der Waals surface area contributed by atoms with Gasteiger partial charge in [0, 0.05) is 24.3 Å². The predicted molar refractivity (Wildman–Crippen MR) is 122 cm³/mol. The third-order valence-electron chi connectivity index (χ3n) is 5.04. The zero-order valence-electron chi connectivity index (χ0n) is 16.8. The predicted octanol–water partition coefficient (Wildman–Crippen LogP) is 4.46. The van der Waals surface area contributed by atoms with Crippen LogP contribution in [0.25, 0.3) is 17.3 Å². The highest BCUT2D eigenvalue weighted by atomic mass is 32.2. The summed E-state index contributed by atoms with van der Waals surface area (Å²) in [7, 11) is -3.60. The van der Waals surface area contributed by atoms with E-state index < -0.39 is 10.0 Å². The van der Waals surface area contributed by atoms with Crippen molar-refractivity contribution in [3.63, 3.8) is 0 Å². The molecule has 0 unspecified atom stereocenters. The molecule has 1 fully saturated rings. The first-order chi connectivity index (χ1) is 14.5. The minimum absolute atomic E-state index is 0.494. The van der Waals surface area contributed by atoms with Gasteiger partial charge in [0.25, 0.3) is 10.0 Å². The van der Waals surface area contributed by atoms with E-state index in [0.717, 1.165) is 41.3 Å². The van der Waals surface area contributed by atoms with Crippen LogP contribution >= 0.6 is 0 Å². The Hall–Kier alpha value is -3.19. The lowest BCUT2D eigenvalue weighted by Crippen LogP contribution is -2.19. The fourth-order valence-corrected chi connectivity index (χ4v) is 4.22. The summed E-state index contributed by atoms with van der Waals surface area (Å²) in [5.74, 6) is 0.904. The van der Waals surface area contributed by atoms with Crippen LogP contribution < -0.4 is 9.62 Å². The van der Waals surface area contributed by atoms with Crippen molar-refractivity contribution in [3.05, 3.63) is 77.2 Å². The second-order valence-corrected chi connectivity index (χ2v) is 8.98. The summed E-state index contributed by atoms with van der Waals surface area (Å²) in [5, 5.41) is 9.83. The van der Waals surface area contributed by atoms with Crippen molar-refractivity contribution in [3.8, 4) is 11.3 Å². The van der Waals surface area contributed by atoms with Crippen LogP contribution in [0.15, 0.2) is 66.1 Å². The molecule has 0 aliphatic carbocycles. The zero-order valence-corrected chi connectivity index (χ0v) is 17.6. The molecule has 3 aromatic rings. The quantitative estimate of drug-likeness (QED) is 0.637. The molecule has 6 nitrogen and oxygen atoms in total. The lowest BCUT2D eigenvalue weighted by molar-refractivity contribution is 0.609. The van der Waals surface area contributed by atoms with Crippen LogP contribution in [0.1, 0.15) is 24.0 Å². The van der Waals surface area contributed by atoms with Crippen LogP contribution in [-0.2, 0) is 10.0 Å². The standard InChI is InChI=1S/C23H24N4O2S/c1-18-4-6-19(7-5-18)14-17-30(28,29)26-21-10-8-20(9-11-21)22-12-13-23(25-24-22)27-15-2-3-16-27/h4-14,17,26H,2-3,15-16H2,1H3/b17-14+. The molecule has 0 amide bonds. The van der Waals surface area contributed by atoms with Gasteiger partial charge in [-0.3, -0.25) is 4.72 Å². The molecule has 4 rings (SSSR count). The van der Waals surface area contributed by atoms with Crippen molar-refractivity contribution in [2.75, 3.05) is 22.7 Å². The highest BCUT2D eigenvalue weighted by Gasteiger charge is 2.14. The summed E-state index contributed by atoms with van der Waals surface area (Å²) in [4.78, 5) is 2.23. The van der Waals surface area contributed by atoms with Crippen molar-refractivity contribution >= 4 is 27.6 Å². The number of hydrogen-bond donors (Lipinski definition) is 1. The number of hydrogen-bond acceptors (Lipinski definition) is 5. The number of anilines is 2. The Balaban J connectivity index is 1.42. The van der Waals surface area contributed by atoms with E-state index in [1.54, 1.807) is 18.2 Å². The molecular weight excluding hydrogens is 396 g/mol. The van der Waals surface area contributed by atoms with Gasteiger partial charge in [-0.15, -0.1) is 10.2 Å². The second kappa shape index (κ2) is 8.67. The Morgan fingerprint density at radius 3 is 2.23 bits per heavy atom. The first kappa shape index (κ1) is 20.1. The highest BCUT2D eigenvalue weighted by molar-refractivity contribution is 7.95. The molecule has 0 bridgehead atoms. The minimum atomic E-state index is -3.60. The Morgan fingerprint density at radius 1 is 0.900 bits per heavy atom. The van der Waals surface area contributed by atoms with Gasteiger partial charge >= 0.3 is 0 Å². The van der Waals surface area contributed by atoms with Crippen LogP contribution in [0.4, 0.5) is 11.5 Å². The van der Waals surface area contributed by atoms with Crippen LogP contribution in [0, 0.1) is 6.92 Å². The summed E-state index contributed by atoms with van der Waals surface area (Å²) in [6, 6.07) is 18.7. The van der Waals surface area contributed by atoms with Gasteiger partial charge in [-0.2, -0.15) is 0 Å². The van der Waals surface area contributed by atoms with Gasteiger partial charge in [0.2, 0.25) is 0 Å². The maximum atomic E-state index is 12.3. The van der Waals surface area contributed by atoms with Gasteiger partial charge in [0.1, 0.15) is 0 Å². The molecule has 2 heterocycles. The van der Waals surface area contributed by atoms with E-state index in [-0.39, 0.29) is 0 Å². The lowest BCUT2D eigenvalue weighted by Gasteiger charge is -2.15. The number of nitrogens with one attached hydrogen (secondary N) is 1. The molecule has 0 radical (unpaired) electrons. The third kappa shape index (κ3) is 5.04. The topological polar surface area (TPSA) is 75.2 Å². The number of benzene rings is 2. The van der Waals surface area contributed by atoms with Crippen molar-refractivity contribution < 1.29 is 8.42 Å².